The summed E-state index contributed by atoms with van der Waals surface area (Å²) in [6.07, 6.45) is 1.14. The summed E-state index contributed by atoms with van der Waals surface area (Å²) in [4.78, 5) is 21.6. The van der Waals surface area contributed by atoms with Gasteiger partial charge in [-0.2, -0.15) is 13.2 Å². The third kappa shape index (κ3) is 8.64. The van der Waals surface area contributed by atoms with E-state index >= 15 is 0 Å². The number of aromatic nitrogens is 1. The molecule has 1 saturated heterocycles. The number of halogens is 6. The van der Waals surface area contributed by atoms with Crippen LogP contribution in [-0.4, -0.2) is 65.1 Å². The normalized spacial score (nSPS) is 15.6. The Hall–Kier alpha value is -2.72. The van der Waals surface area contributed by atoms with E-state index in [1.54, 1.807) is 29.3 Å². The molecule has 12 heteroatoms. The van der Waals surface area contributed by atoms with E-state index in [2.05, 4.69) is 9.88 Å². The molecule has 2 heterocycles. The number of hydrogen-bond donors (Lipinski definition) is 1. The first kappa shape index (κ1) is 33.5. The zero-order valence-electron chi connectivity index (χ0n) is 21.7. The standard InChI is InChI=1S/C28H29ClF3N3O3.2ClH/c1-38-24-15-21(14-22(16-24)28(30,31)32)27(37)35-11-10-34(9-3-5-19-4-2-8-33-17-19)18-23(35)12-20-6-7-25(29)26(36)13-20;;/h2,4,6-8,13-17,23,36H,3,5,9-12,18H2,1H3;2*1H/t23-;;/m1../s1. The van der Waals surface area contributed by atoms with Crippen molar-refractivity contribution in [3.05, 3.63) is 88.2 Å². The fourth-order valence-corrected chi connectivity index (χ4v) is 4.86. The van der Waals surface area contributed by atoms with Crippen LogP contribution in [0.4, 0.5) is 13.2 Å². The molecule has 0 saturated carbocycles. The molecule has 6 nitrogen and oxygen atoms in total. The Morgan fingerprint density at radius 1 is 1.12 bits per heavy atom. The van der Waals surface area contributed by atoms with E-state index in [-0.39, 0.29) is 52.9 Å². The van der Waals surface area contributed by atoms with Gasteiger partial charge in [-0.3, -0.25) is 14.7 Å². The Morgan fingerprint density at radius 2 is 1.90 bits per heavy atom. The number of hydrogen-bond acceptors (Lipinski definition) is 5. The van der Waals surface area contributed by atoms with Crippen molar-refractivity contribution in [1.29, 1.82) is 0 Å². The Labute approximate surface area is 248 Å². The van der Waals surface area contributed by atoms with E-state index in [0.29, 0.717) is 26.1 Å². The van der Waals surface area contributed by atoms with Crippen molar-refractivity contribution in [3.8, 4) is 11.5 Å². The number of methoxy groups -OCH3 is 1. The summed E-state index contributed by atoms with van der Waals surface area (Å²) < 4.78 is 45.5. The van der Waals surface area contributed by atoms with E-state index in [1.165, 1.54) is 13.2 Å². The molecule has 0 unspecified atom stereocenters. The van der Waals surface area contributed by atoms with Crippen molar-refractivity contribution < 1.29 is 27.8 Å². The molecule has 1 atom stereocenters. The number of benzene rings is 2. The maximum absolute atomic E-state index is 13.6. The van der Waals surface area contributed by atoms with Crippen molar-refractivity contribution >= 4 is 42.3 Å². The SMILES string of the molecule is COc1cc(C(=O)N2CCN(CCCc3cccnc3)C[C@H]2Cc2ccc(Cl)c(O)c2)cc(C(F)(F)F)c1.Cl.Cl. The average Bonchev–Trinajstić information content (AvgIpc) is 2.90. The van der Waals surface area contributed by atoms with Crippen LogP contribution in [0.2, 0.25) is 5.02 Å². The van der Waals surface area contributed by atoms with E-state index < -0.39 is 17.6 Å². The molecule has 0 aliphatic carbocycles. The number of piperazine rings is 1. The lowest BCUT2D eigenvalue weighted by Crippen LogP contribution is -2.56. The summed E-state index contributed by atoms with van der Waals surface area (Å²) in [5, 5.41) is 10.3. The molecule has 1 aliphatic rings. The van der Waals surface area contributed by atoms with Gasteiger partial charge in [0.05, 0.1) is 17.7 Å². The van der Waals surface area contributed by atoms with Crippen LogP contribution < -0.4 is 4.74 Å². The molecule has 1 N–H and O–H groups in total. The molecule has 1 amide bonds. The fraction of sp³-hybridized carbons (Fsp3) is 0.357. The van der Waals surface area contributed by atoms with Crippen molar-refractivity contribution in [2.45, 2.75) is 31.5 Å². The lowest BCUT2D eigenvalue weighted by atomic mass is 9.99. The minimum atomic E-state index is -4.61. The van der Waals surface area contributed by atoms with Crippen LogP contribution in [0.3, 0.4) is 0 Å². The quantitative estimate of drug-likeness (QED) is 0.320. The first-order valence-corrected chi connectivity index (χ1v) is 12.7. The Morgan fingerprint density at radius 3 is 2.55 bits per heavy atom. The molecule has 3 aromatic rings. The zero-order valence-corrected chi connectivity index (χ0v) is 24.1. The summed E-state index contributed by atoms with van der Waals surface area (Å²) >= 11 is 5.96. The Balaban J connectivity index is 0.00000280. The predicted molar refractivity (Wildman–Crippen MR) is 153 cm³/mol. The van der Waals surface area contributed by atoms with E-state index in [4.69, 9.17) is 16.3 Å². The highest BCUT2D eigenvalue weighted by Gasteiger charge is 2.35. The van der Waals surface area contributed by atoms with Crippen LogP contribution in [0.5, 0.6) is 11.5 Å². The maximum atomic E-state index is 13.6. The third-order valence-electron chi connectivity index (χ3n) is 6.69. The molecule has 0 bridgehead atoms. The summed E-state index contributed by atoms with van der Waals surface area (Å²) in [7, 11) is 1.27. The number of pyridine rings is 1. The van der Waals surface area contributed by atoms with E-state index in [9.17, 15) is 23.1 Å². The average molecular weight is 621 g/mol. The van der Waals surface area contributed by atoms with Gasteiger partial charge in [-0.1, -0.05) is 23.7 Å². The zero-order chi connectivity index (χ0) is 27.3. The molecular weight excluding hydrogens is 590 g/mol. The van der Waals surface area contributed by atoms with Crippen molar-refractivity contribution in [1.82, 2.24) is 14.8 Å². The van der Waals surface area contributed by atoms with Gasteiger partial charge in [0.1, 0.15) is 11.5 Å². The van der Waals surface area contributed by atoms with Gasteiger partial charge in [0.25, 0.3) is 5.91 Å². The van der Waals surface area contributed by atoms with Crippen LogP contribution in [0.15, 0.2) is 60.9 Å². The van der Waals surface area contributed by atoms with Gasteiger partial charge in [0, 0.05) is 43.6 Å². The number of alkyl halides is 3. The summed E-state index contributed by atoms with van der Waals surface area (Å²) in [5.74, 6) is -0.585. The maximum Gasteiger partial charge on any atom is 0.416 e. The van der Waals surface area contributed by atoms with Crippen molar-refractivity contribution in [2.24, 2.45) is 0 Å². The molecule has 2 aromatic carbocycles. The van der Waals surface area contributed by atoms with Crippen LogP contribution in [0.1, 0.15) is 33.5 Å². The lowest BCUT2D eigenvalue weighted by Gasteiger charge is -2.42. The second kappa shape index (κ2) is 14.8. The van der Waals surface area contributed by atoms with Gasteiger partial charge in [-0.05, 0) is 73.3 Å². The molecule has 40 heavy (non-hydrogen) atoms. The largest absolute Gasteiger partial charge is 0.506 e. The van der Waals surface area contributed by atoms with E-state index in [0.717, 1.165) is 42.6 Å². The first-order chi connectivity index (χ1) is 18.1. The second-order valence-corrected chi connectivity index (χ2v) is 9.76. The number of ether oxygens (including phenoxy) is 1. The number of carbonyl (C=O) groups is 1. The highest BCUT2D eigenvalue weighted by Crippen LogP contribution is 2.33. The molecule has 0 radical (unpaired) electrons. The van der Waals surface area contributed by atoms with E-state index in [1.807, 2.05) is 18.3 Å². The van der Waals surface area contributed by atoms with Gasteiger partial charge in [-0.25, -0.2) is 0 Å². The van der Waals surface area contributed by atoms with Crippen LogP contribution >= 0.6 is 36.4 Å². The van der Waals surface area contributed by atoms with Gasteiger partial charge < -0.3 is 14.7 Å². The van der Waals surface area contributed by atoms with Gasteiger partial charge in [0.15, 0.2) is 0 Å². The number of rotatable bonds is 8. The summed E-state index contributed by atoms with van der Waals surface area (Å²) in [6.45, 7) is 2.29. The highest BCUT2D eigenvalue weighted by molar-refractivity contribution is 6.32. The predicted octanol–water partition coefficient (Wildman–Crippen LogP) is 6.31. The number of aromatic hydroxyl groups is 1. The summed E-state index contributed by atoms with van der Waals surface area (Å²) in [5.41, 5.74) is 0.903. The number of nitrogens with zero attached hydrogens (tertiary/aromatic N) is 3. The Kier molecular flexibility index (Phi) is 12.4. The number of phenols is 1. The second-order valence-electron chi connectivity index (χ2n) is 9.36. The van der Waals surface area contributed by atoms with Gasteiger partial charge in [-0.15, -0.1) is 24.8 Å². The minimum Gasteiger partial charge on any atom is -0.506 e. The summed E-state index contributed by atoms with van der Waals surface area (Å²) in [6, 6.07) is 11.6. The highest BCUT2D eigenvalue weighted by atomic mass is 35.5. The van der Waals surface area contributed by atoms with Gasteiger partial charge >= 0.3 is 6.18 Å². The molecule has 218 valence electrons. The topological polar surface area (TPSA) is 65.9 Å². The van der Waals surface area contributed by atoms with Crippen LogP contribution in [0.25, 0.3) is 0 Å². The molecule has 1 aromatic heterocycles. The number of carbonyl (C=O) groups excluding carboxylic acids is 1. The van der Waals surface area contributed by atoms with Crippen LogP contribution in [-0.2, 0) is 19.0 Å². The molecule has 1 fully saturated rings. The first-order valence-electron chi connectivity index (χ1n) is 12.3. The lowest BCUT2D eigenvalue weighted by molar-refractivity contribution is -0.137. The molecular formula is C28H31Cl3F3N3O3. The smallest absolute Gasteiger partial charge is 0.416 e. The van der Waals surface area contributed by atoms with Crippen molar-refractivity contribution in [2.75, 3.05) is 33.3 Å². The van der Waals surface area contributed by atoms with Gasteiger partial charge in [0.2, 0.25) is 0 Å². The minimum absolute atomic E-state index is 0. The fourth-order valence-electron chi connectivity index (χ4n) is 4.74. The molecule has 0 spiro atoms. The number of aryl methyl sites for hydroxylation is 1. The Bertz CT molecular complexity index is 1270. The number of amides is 1. The monoisotopic (exact) mass is 619 g/mol. The third-order valence-corrected chi connectivity index (χ3v) is 7.01. The van der Waals surface area contributed by atoms with Crippen molar-refractivity contribution in [3.63, 3.8) is 0 Å². The van der Waals surface area contributed by atoms with Crippen LogP contribution in [0, 0.1) is 0 Å². The number of phenolic OH excluding ortho intramolecular Hbond substituents is 1. The molecule has 1 aliphatic heterocycles. The molecule has 4 rings (SSSR count).